The maximum absolute atomic E-state index is 2.45. The molecule has 2 unspecified atom stereocenters. The number of piperidine rings is 1. The van der Waals surface area contributed by atoms with E-state index in [0.717, 1.165) is 11.8 Å². The highest BCUT2D eigenvalue weighted by Gasteiger charge is 2.40. The third-order valence-electron chi connectivity index (χ3n) is 2.50. The Kier molecular flexibility index (Phi) is 2.72. The summed E-state index contributed by atoms with van der Waals surface area (Å²) < 4.78 is 0. The molecule has 1 saturated heterocycles. The van der Waals surface area contributed by atoms with Gasteiger partial charge in [0, 0.05) is 6.54 Å². The molecule has 1 aliphatic carbocycles. The summed E-state index contributed by atoms with van der Waals surface area (Å²) in [5, 5.41) is 0. The van der Waals surface area contributed by atoms with E-state index in [2.05, 4.69) is 11.9 Å². The molecule has 2 fully saturated rings. The molecule has 60 valence electrons. The molecule has 0 spiro atoms. The lowest BCUT2D eigenvalue weighted by atomic mass is 10.1. The van der Waals surface area contributed by atoms with Crippen LogP contribution in [0.2, 0.25) is 0 Å². The SMILES string of the molecule is CC.CN1CCC2CC2C1. The molecule has 0 aromatic rings. The van der Waals surface area contributed by atoms with E-state index in [1.54, 1.807) is 0 Å². The molecule has 0 aromatic heterocycles. The first kappa shape index (κ1) is 8.06. The number of likely N-dealkylation sites (tertiary alicyclic amines) is 1. The van der Waals surface area contributed by atoms with Crippen molar-refractivity contribution in [2.45, 2.75) is 26.7 Å². The summed E-state index contributed by atoms with van der Waals surface area (Å²) in [5.41, 5.74) is 0. The first-order valence-corrected chi connectivity index (χ1v) is 4.55. The summed E-state index contributed by atoms with van der Waals surface area (Å²) in [7, 11) is 2.23. The van der Waals surface area contributed by atoms with E-state index in [-0.39, 0.29) is 0 Å². The molecular formula is C9H19N. The molecule has 10 heavy (non-hydrogen) atoms. The number of fused-ring (bicyclic) bond motifs is 1. The van der Waals surface area contributed by atoms with Gasteiger partial charge in [-0.15, -0.1) is 0 Å². The lowest BCUT2D eigenvalue weighted by Gasteiger charge is -2.20. The normalized spacial score (nSPS) is 37.5. The van der Waals surface area contributed by atoms with Gasteiger partial charge in [0.05, 0.1) is 0 Å². The minimum Gasteiger partial charge on any atom is -0.306 e. The first-order valence-electron chi connectivity index (χ1n) is 4.55. The predicted molar refractivity (Wildman–Crippen MR) is 45.1 cm³/mol. The maximum Gasteiger partial charge on any atom is 0.000937 e. The molecule has 1 saturated carbocycles. The van der Waals surface area contributed by atoms with Gasteiger partial charge in [-0.2, -0.15) is 0 Å². The van der Waals surface area contributed by atoms with Gasteiger partial charge in [0.1, 0.15) is 0 Å². The molecule has 0 radical (unpaired) electrons. The second-order valence-electron chi connectivity index (χ2n) is 3.31. The van der Waals surface area contributed by atoms with E-state index in [1.807, 2.05) is 13.8 Å². The Morgan fingerprint density at radius 2 is 1.90 bits per heavy atom. The highest BCUT2D eigenvalue weighted by Crippen LogP contribution is 2.44. The Bertz CT molecular complexity index is 101. The van der Waals surface area contributed by atoms with Crippen LogP contribution in [0, 0.1) is 11.8 Å². The van der Waals surface area contributed by atoms with E-state index >= 15 is 0 Å². The summed E-state index contributed by atoms with van der Waals surface area (Å²) in [6.45, 7) is 6.73. The van der Waals surface area contributed by atoms with Gasteiger partial charge in [-0.25, -0.2) is 0 Å². The van der Waals surface area contributed by atoms with E-state index in [9.17, 15) is 0 Å². The van der Waals surface area contributed by atoms with Gasteiger partial charge >= 0.3 is 0 Å². The molecule has 0 bridgehead atoms. The fourth-order valence-electron chi connectivity index (χ4n) is 1.77. The highest BCUT2D eigenvalue weighted by molar-refractivity contribution is 4.91. The van der Waals surface area contributed by atoms with Crippen LogP contribution in [0.1, 0.15) is 26.7 Å². The van der Waals surface area contributed by atoms with E-state index < -0.39 is 0 Å². The van der Waals surface area contributed by atoms with Crippen molar-refractivity contribution >= 4 is 0 Å². The minimum absolute atomic E-state index is 1.11. The average Bonchev–Trinajstić information content (AvgIpc) is 2.70. The van der Waals surface area contributed by atoms with Crippen molar-refractivity contribution in [1.82, 2.24) is 4.90 Å². The summed E-state index contributed by atoms with van der Waals surface area (Å²) in [6.07, 6.45) is 3.01. The van der Waals surface area contributed by atoms with E-state index in [1.165, 1.54) is 25.9 Å². The second-order valence-corrected chi connectivity index (χ2v) is 3.31. The third kappa shape index (κ3) is 1.72. The summed E-state index contributed by atoms with van der Waals surface area (Å²) in [4.78, 5) is 2.45. The van der Waals surface area contributed by atoms with Gasteiger partial charge in [0.15, 0.2) is 0 Å². The molecular weight excluding hydrogens is 122 g/mol. The van der Waals surface area contributed by atoms with Gasteiger partial charge in [-0.1, -0.05) is 13.8 Å². The van der Waals surface area contributed by atoms with E-state index in [0.29, 0.717) is 0 Å². The zero-order chi connectivity index (χ0) is 7.56. The lowest BCUT2D eigenvalue weighted by Crippen LogP contribution is -2.26. The van der Waals surface area contributed by atoms with Gasteiger partial charge in [-0.05, 0) is 38.3 Å². The first-order chi connectivity index (χ1) is 4.86. The van der Waals surface area contributed by atoms with Gasteiger partial charge in [-0.3, -0.25) is 0 Å². The zero-order valence-electron chi connectivity index (χ0n) is 7.43. The molecule has 2 rings (SSSR count). The topological polar surface area (TPSA) is 3.24 Å². The molecule has 0 aromatic carbocycles. The second kappa shape index (κ2) is 3.38. The predicted octanol–water partition coefficient (Wildman–Crippen LogP) is 1.98. The fourth-order valence-corrected chi connectivity index (χ4v) is 1.77. The Morgan fingerprint density at radius 3 is 2.40 bits per heavy atom. The molecule has 1 heteroatoms. The summed E-state index contributed by atoms with van der Waals surface area (Å²) in [6, 6.07) is 0. The summed E-state index contributed by atoms with van der Waals surface area (Å²) >= 11 is 0. The van der Waals surface area contributed by atoms with Gasteiger partial charge < -0.3 is 4.90 Å². The van der Waals surface area contributed by atoms with Crippen LogP contribution < -0.4 is 0 Å². The fraction of sp³-hybridized carbons (Fsp3) is 1.00. The van der Waals surface area contributed by atoms with Gasteiger partial charge in [0.2, 0.25) is 0 Å². The summed E-state index contributed by atoms with van der Waals surface area (Å²) in [5.74, 6) is 2.25. The van der Waals surface area contributed by atoms with Crippen LogP contribution in [0.5, 0.6) is 0 Å². The van der Waals surface area contributed by atoms with Crippen LogP contribution in [-0.2, 0) is 0 Å². The van der Waals surface area contributed by atoms with Crippen molar-refractivity contribution in [3.63, 3.8) is 0 Å². The standard InChI is InChI=1S/C7H13N.C2H6/c1-8-3-2-6-4-7(6)5-8;1-2/h6-7H,2-5H2,1H3;1-2H3. The average molecular weight is 141 g/mol. The molecule has 2 aliphatic rings. The van der Waals surface area contributed by atoms with Crippen molar-refractivity contribution in [2.75, 3.05) is 20.1 Å². The van der Waals surface area contributed by atoms with Gasteiger partial charge in [0.25, 0.3) is 0 Å². The van der Waals surface area contributed by atoms with Crippen LogP contribution in [0.3, 0.4) is 0 Å². The monoisotopic (exact) mass is 141 g/mol. The molecule has 1 nitrogen and oxygen atoms in total. The highest BCUT2D eigenvalue weighted by atomic mass is 15.1. The number of hydrogen-bond donors (Lipinski definition) is 0. The molecule has 1 aliphatic heterocycles. The van der Waals surface area contributed by atoms with Crippen molar-refractivity contribution < 1.29 is 0 Å². The maximum atomic E-state index is 2.45. The molecule has 2 atom stereocenters. The molecule has 0 amide bonds. The Morgan fingerprint density at radius 1 is 1.20 bits per heavy atom. The van der Waals surface area contributed by atoms with Crippen LogP contribution in [0.4, 0.5) is 0 Å². The molecule has 0 N–H and O–H groups in total. The van der Waals surface area contributed by atoms with Crippen molar-refractivity contribution in [1.29, 1.82) is 0 Å². The number of rotatable bonds is 0. The Hall–Kier alpha value is -0.0400. The Labute approximate surface area is 64.4 Å². The zero-order valence-corrected chi connectivity index (χ0v) is 7.43. The van der Waals surface area contributed by atoms with Crippen LogP contribution in [-0.4, -0.2) is 25.0 Å². The number of nitrogens with zero attached hydrogens (tertiary/aromatic N) is 1. The van der Waals surface area contributed by atoms with Crippen molar-refractivity contribution in [3.05, 3.63) is 0 Å². The van der Waals surface area contributed by atoms with Crippen LogP contribution in [0.15, 0.2) is 0 Å². The van der Waals surface area contributed by atoms with E-state index in [4.69, 9.17) is 0 Å². The number of hydrogen-bond acceptors (Lipinski definition) is 1. The van der Waals surface area contributed by atoms with Crippen molar-refractivity contribution in [3.8, 4) is 0 Å². The van der Waals surface area contributed by atoms with Crippen LogP contribution in [0.25, 0.3) is 0 Å². The van der Waals surface area contributed by atoms with Crippen molar-refractivity contribution in [2.24, 2.45) is 11.8 Å². The van der Waals surface area contributed by atoms with Crippen LogP contribution >= 0.6 is 0 Å². The Balaban J connectivity index is 0.000000231. The minimum atomic E-state index is 1.11. The quantitative estimate of drug-likeness (QED) is 0.498. The largest absolute Gasteiger partial charge is 0.306 e. The smallest absolute Gasteiger partial charge is 0.000937 e. The lowest BCUT2D eigenvalue weighted by molar-refractivity contribution is 0.266. The third-order valence-corrected chi connectivity index (χ3v) is 2.50. The molecule has 1 heterocycles.